The molecule has 1 saturated carbocycles. The third-order valence-electron chi connectivity index (χ3n) is 3.84. The van der Waals surface area contributed by atoms with Crippen LogP contribution in [0.2, 0.25) is 0 Å². The van der Waals surface area contributed by atoms with Crippen LogP contribution in [-0.4, -0.2) is 42.1 Å². The van der Waals surface area contributed by atoms with Crippen molar-refractivity contribution in [2.75, 3.05) is 31.2 Å². The Labute approximate surface area is 112 Å². The molecule has 104 valence electrons. The summed E-state index contributed by atoms with van der Waals surface area (Å²) < 4.78 is 6.78. The first-order valence-corrected chi connectivity index (χ1v) is 6.89. The van der Waals surface area contributed by atoms with Gasteiger partial charge in [0.15, 0.2) is 0 Å². The fourth-order valence-corrected chi connectivity index (χ4v) is 2.43. The van der Waals surface area contributed by atoms with E-state index in [-0.39, 0.29) is 11.6 Å². The van der Waals surface area contributed by atoms with Crippen molar-refractivity contribution >= 4 is 5.69 Å². The molecule has 2 N–H and O–H groups in total. The van der Waals surface area contributed by atoms with Crippen molar-refractivity contribution in [3.63, 3.8) is 0 Å². The first kappa shape index (κ1) is 12.6. The number of aromatic nitrogens is 2. The Balaban J connectivity index is 1.71. The molecule has 1 aliphatic heterocycles. The van der Waals surface area contributed by atoms with Crippen molar-refractivity contribution in [3.05, 3.63) is 22.6 Å². The van der Waals surface area contributed by atoms with Crippen LogP contribution in [-0.2, 0) is 11.3 Å². The molecule has 0 radical (unpaired) electrons. The van der Waals surface area contributed by atoms with E-state index in [1.54, 1.807) is 12.3 Å². The highest BCUT2D eigenvalue weighted by molar-refractivity contribution is 5.43. The van der Waals surface area contributed by atoms with Gasteiger partial charge in [0.25, 0.3) is 5.56 Å². The van der Waals surface area contributed by atoms with Crippen LogP contribution >= 0.6 is 0 Å². The zero-order valence-corrected chi connectivity index (χ0v) is 11.0. The van der Waals surface area contributed by atoms with Crippen LogP contribution in [0.3, 0.4) is 0 Å². The van der Waals surface area contributed by atoms with E-state index >= 15 is 0 Å². The highest BCUT2D eigenvalue weighted by Gasteiger charge is 2.29. The second kappa shape index (κ2) is 5.30. The number of ether oxygens (including phenoxy) is 1. The van der Waals surface area contributed by atoms with Gasteiger partial charge < -0.3 is 15.4 Å². The van der Waals surface area contributed by atoms with Gasteiger partial charge in [-0.25, -0.2) is 4.68 Å². The molecular formula is C13H20N4O2. The zero-order valence-electron chi connectivity index (χ0n) is 11.0. The number of anilines is 1. The van der Waals surface area contributed by atoms with Crippen LogP contribution in [0.15, 0.2) is 17.1 Å². The molecule has 3 rings (SSSR count). The topological polar surface area (TPSA) is 73.4 Å². The van der Waals surface area contributed by atoms with Crippen molar-refractivity contribution in [3.8, 4) is 0 Å². The van der Waals surface area contributed by atoms with Gasteiger partial charge in [0.2, 0.25) is 0 Å². The van der Waals surface area contributed by atoms with Crippen molar-refractivity contribution < 1.29 is 4.74 Å². The molecule has 2 fully saturated rings. The third kappa shape index (κ3) is 2.96. The Hall–Kier alpha value is -1.40. The maximum atomic E-state index is 12.0. The average Bonchev–Trinajstić information content (AvgIpc) is 3.26. The fourth-order valence-electron chi connectivity index (χ4n) is 2.43. The summed E-state index contributed by atoms with van der Waals surface area (Å²) in [7, 11) is 0. The number of nitrogens with two attached hydrogens (primary N) is 1. The van der Waals surface area contributed by atoms with Crippen molar-refractivity contribution in [1.29, 1.82) is 0 Å². The molecule has 1 aromatic rings. The van der Waals surface area contributed by atoms with E-state index in [1.807, 2.05) is 0 Å². The summed E-state index contributed by atoms with van der Waals surface area (Å²) in [5.74, 6) is 0.576. The lowest BCUT2D eigenvalue weighted by Crippen LogP contribution is -2.38. The highest BCUT2D eigenvalue weighted by Crippen LogP contribution is 2.31. The molecule has 1 aliphatic carbocycles. The van der Waals surface area contributed by atoms with Crippen LogP contribution in [0.4, 0.5) is 5.69 Å². The summed E-state index contributed by atoms with van der Waals surface area (Å²) in [6, 6.07) is 1.71. The van der Waals surface area contributed by atoms with Gasteiger partial charge in [-0.15, -0.1) is 0 Å². The molecule has 0 aromatic carbocycles. The largest absolute Gasteiger partial charge is 0.378 e. The SMILES string of the molecule is NC(Cn1ncc(N2CCOCC2)cc1=O)C1CC1. The highest BCUT2D eigenvalue weighted by atomic mass is 16.5. The monoisotopic (exact) mass is 264 g/mol. The van der Waals surface area contributed by atoms with Crippen LogP contribution in [0.25, 0.3) is 0 Å². The van der Waals surface area contributed by atoms with Crippen LogP contribution in [0.5, 0.6) is 0 Å². The number of hydrogen-bond acceptors (Lipinski definition) is 5. The van der Waals surface area contributed by atoms with Gasteiger partial charge in [-0.2, -0.15) is 5.10 Å². The Bertz CT molecular complexity index is 492. The Morgan fingerprint density at radius 2 is 2.16 bits per heavy atom. The minimum atomic E-state index is -0.0694. The summed E-state index contributed by atoms with van der Waals surface area (Å²) in [6.07, 6.45) is 4.12. The smallest absolute Gasteiger partial charge is 0.268 e. The second-order valence-electron chi connectivity index (χ2n) is 5.33. The van der Waals surface area contributed by atoms with Crippen molar-refractivity contribution in [2.45, 2.75) is 25.4 Å². The molecule has 0 bridgehead atoms. The van der Waals surface area contributed by atoms with E-state index in [4.69, 9.17) is 10.5 Å². The van der Waals surface area contributed by atoms with E-state index in [0.717, 1.165) is 18.8 Å². The molecule has 2 heterocycles. The Morgan fingerprint density at radius 3 is 2.79 bits per heavy atom. The Morgan fingerprint density at radius 1 is 1.42 bits per heavy atom. The number of hydrogen-bond donors (Lipinski definition) is 1. The fraction of sp³-hybridized carbons (Fsp3) is 0.692. The average molecular weight is 264 g/mol. The maximum absolute atomic E-state index is 12.0. The molecule has 1 saturated heterocycles. The number of morpholine rings is 1. The number of nitrogens with zero attached hydrogens (tertiary/aromatic N) is 3. The summed E-state index contributed by atoms with van der Waals surface area (Å²) in [6.45, 7) is 3.55. The predicted molar refractivity (Wildman–Crippen MR) is 72.2 cm³/mol. The first-order valence-electron chi connectivity index (χ1n) is 6.89. The molecule has 19 heavy (non-hydrogen) atoms. The van der Waals surface area contributed by atoms with Gasteiger partial charge in [-0.05, 0) is 18.8 Å². The molecule has 1 atom stereocenters. The third-order valence-corrected chi connectivity index (χ3v) is 3.84. The summed E-state index contributed by atoms with van der Waals surface area (Å²) in [4.78, 5) is 14.2. The van der Waals surface area contributed by atoms with Crippen molar-refractivity contribution in [2.24, 2.45) is 11.7 Å². The molecule has 1 aromatic heterocycles. The summed E-state index contributed by atoms with van der Waals surface area (Å²) >= 11 is 0. The van der Waals surface area contributed by atoms with Gasteiger partial charge in [0, 0.05) is 25.2 Å². The minimum absolute atomic E-state index is 0.0550. The van der Waals surface area contributed by atoms with Crippen LogP contribution in [0, 0.1) is 5.92 Å². The zero-order chi connectivity index (χ0) is 13.2. The van der Waals surface area contributed by atoms with Gasteiger partial charge in [0.1, 0.15) is 0 Å². The van der Waals surface area contributed by atoms with E-state index in [1.165, 1.54) is 17.5 Å². The standard InChI is InChI=1S/C13H20N4O2/c14-12(10-1-2-10)9-17-13(18)7-11(8-15-17)16-3-5-19-6-4-16/h7-8,10,12H,1-6,9,14H2. The van der Waals surface area contributed by atoms with E-state index < -0.39 is 0 Å². The second-order valence-corrected chi connectivity index (χ2v) is 5.33. The maximum Gasteiger partial charge on any atom is 0.268 e. The summed E-state index contributed by atoms with van der Waals surface area (Å²) in [5, 5.41) is 4.25. The molecule has 1 unspecified atom stereocenters. The Kier molecular flexibility index (Phi) is 3.52. The molecule has 2 aliphatic rings. The normalized spacial score (nSPS) is 21.4. The predicted octanol–water partition coefficient (Wildman–Crippen LogP) is -0.183. The van der Waals surface area contributed by atoms with Gasteiger partial charge >= 0.3 is 0 Å². The van der Waals surface area contributed by atoms with Gasteiger partial charge in [0.05, 0.1) is 31.6 Å². The molecule has 0 spiro atoms. The molecule has 0 amide bonds. The van der Waals surface area contributed by atoms with E-state index in [2.05, 4.69) is 10.00 Å². The number of rotatable bonds is 4. The molecule has 6 nitrogen and oxygen atoms in total. The lowest BCUT2D eigenvalue weighted by molar-refractivity contribution is 0.122. The summed E-state index contributed by atoms with van der Waals surface area (Å²) in [5.41, 5.74) is 6.84. The quantitative estimate of drug-likeness (QED) is 0.816. The van der Waals surface area contributed by atoms with Crippen LogP contribution in [0.1, 0.15) is 12.8 Å². The van der Waals surface area contributed by atoms with E-state index in [9.17, 15) is 4.79 Å². The minimum Gasteiger partial charge on any atom is -0.378 e. The molecule has 6 heteroatoms. The van der Waals surface area contributed by atoms with E-state index in [0.29, 0.717) is 25.7 Å². The lowest BCUT2D eigenvalue weighted by atomic mass is 10.2. The molecular weight excluding hydrogens is 244 g/mol. The van der Waals surface area contributed by atoms with Crippen molar-refractivity contribution in [1.82, 2.24) is 9.78 Å². The van der Waals surface area contributed by atoms with Gasteiger partial charge in [-0.3, -0.25) is 4.79 Å². The lowest BCUT2D eigenvalue weighted by Gasteiger charge is -2.28. The first-order chi connectivity index (χ1) is 9.24. The van der Waals surface area contributed by atoms with Crippen LogP contribution < -0.4 is 16.2 Å². The van der Waals surface area contributed by atoms with Gasteiger partial charge in [-0.1, -0.05) is 0 Å².